The maximum Gasteiger partial charge on any atom is 0.326 e. The van der Waals surface area contributed by atoms with Gasteiger partial charge in [0.15, 0.2) is 11.5 Å². The normalized spacial score (nSPS) is 12.9. The second-order valence-electron chi connectivity index (χ2n) is 9.18. The van der Waals surface area contributed by atoms with Crippen molar-refractivity contribution < 1.29 is 38.1 Å². The summed E-state index contributed by atoms with van der Waals surface area (Å²) in [5.74, 6) is -1.81. The fraction of sp³-hybridized carbons (Fsp3) is 0.615. The molecule has 0 unspecified atom stereocenters. The Morgan fingerprint density at radius 3 is 1.97 bits per heavy atom. The van der Waals surface area contributed by atoms with Gasteiger partial charge in [0, 0.05) is 25.7 Å². The van der Waals surface area contributed by atoms with Crippen molar-refractivity contribution in [3.05, 3.63) is 23.8 Å². The van der Waals surface area contributed by atoms with Crippen LogP contribution in [0.4, 0.5) is 0 Å². The van der Waals surface area contributed by atoms with E-state index in [1.54, 1.807) is 19.9 Å². The average Bonchev–Trinajstić information content (AvgIpc) is 2.80. The molecule has 1 rings (SSSR count). The fourth-order valence-electron chi connectivity index (χ4n) is 3.08. The van der Waals surface area contributed by atoms with Crippen LogP contribution in [0.5, 0.6) is 11.5 Å². The first kappa shape index (κ1) is 30.1. The second-order valence-corrected chi connectivity index (χ2v) is 9.18. The van der Waals surface area contributed by atoms with Gasteiger partial charge in [0.2, 0.25) is 0 Å². The molecule has 0 saturated carbocycles. The minimum atomic E-state index is -1.50. The highest BCUT2D eigenvalue weighted by atomic mass is 16.6. The molecule has 0 amide bonds. The Hall–Kier alpha value is -2.94. The molecular formula is C26H39NO8. The molecule has 0 saturated heterocycles. The maximum absolute atomic E-state index is 12.6. The third kappa shape index (κ3) is 9.32. The van der Waals surface area contributed by atoms with E-state index in [2.05, 4.69) is 0 Å². The van der Waals surface area contributed by atoms with Crippen molar-refractivity contribution in [3.8, 4) is 11.5 Å². The van der Waals surface area contributed by atoms with Crippen molar-refractivity contribution >= 4 is 23.9 Å². The number of hydrogen-bond donors (Lipinski definition) is 1. The highest BCUT2D eigenvalue weighted by molar-refractivity contribution is 5.81. The van der Waals surface area contributed by atoms with Crippen LogP contribution in [0.25, 0.3) is 0 Å². The summed E-state index contributed by atoms with van der Waals surface area (Å²) in [6.45, 7) is 9.06. The quantitative estimate of drug-likeness (QED) is 0.303. The number of benzene rings is 1. The van der Waals surface area contributed by atoms with E-state index in [1.807, 2.05) is 20.8 Å². The van der Waals surface area contributed by atoms with Crippen molar-refractivity contribution in [2.45, 2.75) is 85.1 Å². The molecule has 0 spiro atoms. The fourth-order valence-corrected chi connectivity index (χ4v) is 3.08. The Morgan fingerprint density at radius 1 is 0.886 bits per heavy atom. The van der Waals surface area contributed by atoms with Crippen molar-refractivity contribution in [2.75, 3.05) is 13.7 Å². The summed E-state index contributed by atoms with van der Waals surface area (Å²) in [5.41, 5.74) is 4.81. The first-order valence-electron chi connectivity index (χ1n) is 12.0. The van der Waals surface area contributed by atoms with Gasteiger partial charge in [-0.05, 0) is 50.8 Å². The van der Waals surface area contributed by atoms with Crippen LogP contribution in [-0.4, -0.2) is 43.1 Å². The monoisotopic (exact) mass is 493 g/mol. The summed E-state index contributed by atoms with van der Waals surface area (Å²) in [4.78, 5) is 49.0. The van der Waals surface area contributed by atoms with Crippen LogP contribution in [0.15, 0.2) is 18.2 Å². The average molecular weight is 494 g/mol. The van der Waals surface area contributed by atoms with Crippen LogP contribution < -0.4 is 15.2 Å². The summed E-state index contributed by atoms with van der Waals surface area (Å²) in [5, 5.41) is 0. The van der Waals surface area contributed by atoms with Crippen LogP contribution in [-0.2, 0) is 35.1 Å². The zero-order valence-corrected chi connectivity index (χ0v) is 21.7. The molecule has 0 aromatic heterocycles. The second kappa shape index (κ2) is 13.8. The molecule has 2 N–H and O–H groups in total. The van der Waals surface area contributed by atoms with Gasteiger partial charge >= 0.3 is 23.9 Å². The van der Waals surface area contributed by atoms with Gasteiger partial charge in [-0.2, -0.15) is 0 Å². The smallest absolute Gasteiger partial charge is 0.326 e. The molecule has 9 heteroatoms. The van der Waals surface area contributed by atoms with Gasteiger partial charge in [0.05, 0.1) is 19.1 Å². The minimum absolute atomic E-state index is 0.00983. The molecule has 0 heterocycles. The third-order valence-electron chi connectivity index (χ3n) is 5.69. The zero-order valence-electron chi connectivity index (χ0n) is 21.7. The van der Waals surface area contributed by atoms with Crippen LogP contribution in [0, 0.1) is 5.41 Å². The van der Waals surface area contributed by atoms with E-state index in [0.717, 1.165) is 0 Å². The van der Waals surface area contributed by atoms with Gasteiger partial charge < -0.3 is 24.7 Å². The maximum atomic E-state index is 12.6. The molecule has 35 heavy (non-hydrogen) atoms. The summed E-state index contributed by atoms with van der Waals surface area (Å²) >= 11 is 0. The number of methoxy groups -OCH3 is 1. The Bertz CT molecular complexity index is 895. The molecule has 0 aliphatic rings. The van der Waals surface area contributed by atoms with Gasteiger partial charge in [-0.15, -0.1) is 0 Å². The van der Waals surface area contributed by atoms with Crippen LogP contribution in [0.2, 0.25) is 0 Å². The zero-order chi connectivity index (χ0) is 26.6. The highest BCUT2D eigenvalue weighted by Gasteiger charge is 2.37. The number of carbonyl (C=O) groups excluding carboxylic acids is 4. The van der Waals surface area contributed by atoms with E-state index in [1.165, 1.54) is 19.2 Å². The van der Waals surface area contributed by atoms with E-state index in [9.17, 15) is 19.2 Å². The lowest BCUT2D eigenvalue weighted by Gasteiger charge is -2.28. The number of ether oxygens (including phenoxy) is 4. The lowest BCUT2D eigenvalue weighted by molar-refractivity contribution is -0.157. The molecule has 1 aromatic carbocycles. The first-order chi connectivity index (χ1) is 16.4. The van der Waals surface area contributed by atoms with Gasteiger partial charge in [-0.1, -0.05) is 26.8 Å². The summed E-state index contributed by atoms with van der Waals surface area (Å²) < 4.78 is 21.0. The molecule has 1 aromatic rings. The largest absolute Gasteiger partial charge is 0.468 e. The Kier molecular flexibility index (Phi) is 11.9. The minimum Gasteiger partial charge on any atom is -0.468 e. The van der Waals surface area contributed by atoms with Crippen molar-refractivity contribution in [3.63, 3.8) is 0 Å². The van der Waals surface area contributed by atoms with Crippen LogP contribution in [0.1, 0.15) is 78.7 Å². The predicted octanol–water partition coefficient (Wildman–Crippen LogP) is 3.88. The SMILES string of the molecule is CCCC(=O)Oc1ccc(C[C@](N)(CCOC(=O)C(C)(C)CC)C(=O)OC)cc1OC(=O)CCC. The van der Waals surface area contributed by atoms with E-state index < -0.39 is 28.9 Å². The Labute approximate surface area is 207 Å². The molecule has 9 nitrogen and oxygen atoms in total. The summed E-state index contributed by atoms with van der Waals surface area (Å²) in [7, 11) is 1.23. The van der Waals surface area contributed by atoms with Gasteiger partial charge in [0.1, 0.15) is 5.54 Å². The van der Waals surface area contributed by atoms with Crippen molar-refractivity contribution in [1.29, 1.82) is 0 Å². The summed E-state index contributed by atoms with van der Waals surface area (Å²) in [6.07, 6.45) is 2.23. The predicted molar refractivity (Wildman–Crippen MR) is 130 cm³/mol. The lowest BCUT2D eigenvalue weighted by Crippen LogP contribution is -2.51. The molecule has 1 atom stereocenters. The van der Waals surface area contributed by atoms with Gasteiger partial charge in [0.25, 0.3) is 0 Å². The third-order valence-corrected chi connectivity index (χ3v) is 5.69. The van der Waals surface area contributed by atoms with Crippen molar-refractivity contribution in [2.24, 2.45) is 11.1 Å². The highest BCUT2D eigenvalue weighted by Crippen LogP contribution is 2.31. The van der Waals surface area contributed by atoms with Gasteiger partial charge in [-0.3, -0.25) is 19.2 Å². The number of carbonyl (C=O) groups is 4. The van der Waals surface area contributed by atoms with Gasteiger partial charge in [-0.25, -0.2) is 0 Å². The molecule has 196 valence electrons. The number of esters is 4. The van der Waals surface area contributed by atoms with E-state index in [0.29, 0.717) is 24.8 Å². The molecule has 0 bridgehead atoms. The Morgan fingerprint density at radius 2 is 1.46 bits per heavy atom. The number of nitrogens with two attached hydrogens (primary N) is 1. The topological polar surface area (TPSA) is 131 Å². The lowest BCUT2D eigenvalue weighted by atomic mass is 9.88. The van der Waals surface area contributed by atoms with E-state index in [-0.39, 0.29) is 49.8 Å². The molecule has 0 aliphatic heterocycles. The number of rotatable bonds is 14. The van der Waals surface area contributed by atoms with E-state index in [4.69, 9.17) is 24.7 Å². The molecular weight excluding hydrogens is 454 g/mol. The molecule has 0 radical (unpaired) electrons. The Balaban J connectivity index is 3.15. The van der Waals surface area contributed by atoms with Crippen LogP contribution >= 0.6 is 0 Å². The standard InChI is InChI=1S/C26H39NO8/c1-7-10-21(28)34-19-13-12-18(16-20(19)35-22(29)11-8-2)17-26(27,24(31)32-6)14-15-33-23(30)25(4,5)9-3/h12-13,16H,7-11,14-15,17,27H2,1-6H3/t26-/m1/s1. The van der Waals surface area contributed by atoms with Crippen LogP contribution in [0.3, 0.4) is 0 Å². The molecule has 0 aliphatic carbocycles. The summed E-state index contributed by atoms with van der Waals surface area (Å²) in [6, 6.07) is 4.64. The van der Waals surface area contributed by atoms with Crippen molar-refractivity contribution in [1.82, 2.24) is 0 Å². The number of hydrogen-bond acceptors (Lipinski definition) is 9. The first-order valence-corrected chi connectivity index (χ1v) is 12.0. The van der Waals surface area contributed by atoms with E-state index >= 15 is 0 Å². The molecule has 0 fully saturated rings.